The molecule has 4 heterocycles. The number of nitrogens with two attached hydrogens (primary N) is 4. The summed E-state index contributed by atoms with van der Waals surface area (Å²) in [7, 11) is 0.406. The molecule has 12 N–H and O–H groups in total. The van der Waals surface area contributed by atoms with Gasteiger partial charge in [0.25, 0.3) is 5.69 Å². The van der Waals surface area contributed by atoms with Crippen molar-refractivity contribution < 1.29 is 94.2 Å². The summed E-state index contributed by atoms with van der Waals surface area (Å²) >= 11 is 0. The van der Waals surface area contributed by atoms with Crippen molar-refractivity contribution >= 4 is 52.0 Å². The number of rotatable bonds is 14. The molecule has 1 aliphatic heterocycles. The van der Waals surface area contributed by atoms with Gasteiger partial charge in [0.2, 0.25) is 5.76 Å². The van der Waals surface area contributed by atoms with Gasteiger partial charge >= 0.3 is 18.1 Å². The summed E-state index contributed by atoms with van der Waals surface area (Å²) in [5.41, 5.74) is 16.4. The predicted octanol–water partition coefficient (Wildman–Crippen LogP) is 23.2. The minimum absolute atomic E-state index is 0.0370. The molecule has 36 heteroatoms. The van der Waals surface area contributed by atoms with Crippen LogP contribution in [0.3, 0.4) is 0 Å². The monoisotopic (exact) mass is 1840 g/mol. The first-order valence-electron chi connectivity index (χ1n) is 39.9. The number of para-hydroxylation sites is 1. The molecule has 1 atom stereocenters. The van der Waals surface area contributed by atoms with Crippen LogP contribution < -0.4 is 46.8 Å². The number of nitrogen functional groups attached to an aromatic ring is 2. The standard InChI is InChI=1S/C17H12FN5O.C17H11FN2O2.C16H11FN4O.C13H8FNO.C12H9FO.C9H17NO3.C7H4FN.C6H5FO.CH3F.CO2.H4N2/c18-11-2-1-3-13(8-11)24-12-6-4-10(5-7-12)15-14-16(19)20-9-21-17(14)23-22-15;1-19-17(20-2)16(21-3)12-7-9-14(10-8-12)22-15-6-4-5-13(18)11-15;1-19-15-14(20-21-16(15)18)10-5-7-12(8-6-10)22-13-4-2-3-11(17)9-13;1-15-11-5-7-12(8-6-11)16-13-4-2-3-10(14)9-13;13-10-5-4-8-12(9-10)14-11-6-2-1-3-7-11;1-9(2,3)13-8(12)10-5-4-7(11)6-10;8-7-3-1-6(5-9)2-4-7;7-5-2-1-3-6(8)4-5;1-2;2-1-3;1-2/h1-9H,(H3,19,20,21,22,23);4-11H,3H3;2-9H,(H3,18,20,21);2-9H;1-9H;7,11H,4-6H2,1-3H3;1-4H;1-4,8H;1H3;;1-2H2/t;;;;;7-;;;;;/m.....0...../s1/i;;;;;;;;1D;;. The number of aromatic amines is 2. The van der Waals surface area contributed by atoms with Crippen molar-refractivity contribution in [3.63, 3.8) is 0 Å². The number of aliphatic hydroxyl groups is 1. The number of aliphatic hydroxyl groups excluding tert-OH is 1. The zero-order valence-electron chi connectivity index (χ0n) is 73.1. The number of β-amino-alcohol motifs (C(OH)–C–C–N with tert-alkyl or cyclic N) is 1. The molecule has 0 saturated carbocycles. The number of hydrogen-bond acceptors (Lipinski definition) is 21. The number of ether oxygens (including phenoxy) is 7. The molecule has 1 aliphatic rings. The lowest BCUT2D eigenvalue weighted by Gasteiger charge is -2.24. The van der Waals surface area contributed by atoms with Gasteiger partial charge in [0.1, 0.15) is 135 Å². The highest BCUT2D eigenvalue weighted by molar-refractivity contribution is 5.97. The number of methoxy groups -OCH3 is 1. The minimum Gasteiger partial charge on any atom is -0.508 e. The molecule has 1 fully saturated rings. The third kappa shape index (κ3) is 36.8. The molecule has 0 radical (unpaired) electrons. The number of benzene rings is 12. The highest BCUT2D eigenvalue weighted by Gasteiger charge is 2.29. The van der Waals surface area contributed by atoms with Crippen molar-refractivity contribution in [3.8, 4) is 91.8 Å². The Kier molecular flexibility index (Phi) is 43.2. The van der Waals surface area contributed by atoms with Gasteiger partial charge in [-0.3, -0.25) is 26.3 Å². The Bertz CT molecular complexity index is 6540. The maximum absolute atomic E-state index is 13.2. The van der Waals surface area contributed by atoms with Gasteiger partial charge in [-0.05, 0) is 215 Å². The number of aromatic nitrogens is 6. The number of aromatic hydroxyl groups is 1. The lowest BCUT2D eigenvalue weighted by Crippen LogP contribution is -2.35. The van der Waals surface area contributed by atoms with E-state index < -0.39 is 18.6 Å². The molecule has 1 amide bonds. The Morgan fingerprint density at radius 2 is 0.896 bits per heavy atom. The quantitative estimate of drug-likeness (QED) is 0.0165. The van der Waals surface area contributed by atoms with E-state index in [1.54, 1.807) is 146 Å². The van der Waals surface area contributed by atoms with Crippen LogP contribution >= 0.6 is 0 Å². The summed E-state index contributed by atoms with van der Waals surface area (Å²) < 4.78 is 142. The number of anilines is 2. The highest BCUT2D eigenvalue weighted by atomic mass is 19.2. The van der Waals surface area contributed by atoms with E-state index >= 15 is 0 Å². The van der Waals surface area contributed by atoms with E-state index in [9.17, 15) is 45.0 Å². The number of amides is 1. The van der Waals surface area contributed by atoms with Gasteiger partial charge in [0.05, 0.1) is 63.3 Å². The van der Waals surface area contributed by atoms with Gasteiger partial charge in [-0.15, -0.1) is 0 Å². The van der Waals surface area contributed by atoms with Gasteiger partial charge in [-0.25, -0.2) is 55.2 Å². The Hall–Kier alpha value is -18.2. The van der Waals surface area contributed by atoms with Crippen LogP contribution in [0.1, 0.15) is 39.7 Å². The Balaban J connectivity index is 0.000000241. The SMILES string of the molecule is CC(C)(C)OC(=O)N1CC[C@H](O)C1.Fc1cccc(Oc2ccccc2)c1.N#Cc1ccc(F)cc1.NN.Nc1ncnc2n[nH]c(-c3ccc(Oc4cccc(F)c4)cc3)c12.O=C=O.Oc1cccc(F)c1.[2H]CF.[C-]#[N+]C([N+]#[C-])=C(OC)c1ccc(Oc2cccc(F)c2)cc1.[C-]#[N+]c1c(N)n[nH]c1-c1ccc(Oc2cccc(F)c2)cc1.[C-]#[N+]c1ccc(Oc2cccc(F)c2)cc1. The molecule has 135 heavy (non-hydrogen) atoms. The number of hydrogen-bond donors (Lipinski definition) is 8. The highest BCUT2D eigenvalue weighted by Crippen LogP contribution is 2.36. The van der Waals surface area contributed by atoms with Crippen molar-refractivity contribution in [1.82, 2.24) is 35.3 Å². The van der Waals surface area contributed by atoms with E-state index in [-0.39, 0.29) is 76.4 Å². The molecule has 0 unspecified atom stereocenters. The fraction of sp³-hybridized carbons (Fsp3) is 0.101. The first-order chi connectivity index (χ1) is 65.5. The molecule has 15 aromatic rings. The van der Waals surface area contributed by atoms with E-state index in [4.69, 9.17) is 92.2 Å². The largest absolute Gasteiger partial charge is 0.562 e. The normalized spacial score (nSPS) is 10.8. The maximum atomic E-state index is 13.2. The number of fused-ring (bicyclic) bond motifs is 1. The number of halogens is 8. The van der Waals surface area contributed by atoms with Crippen molar-refractivity contribution in [1.29, 1.82) is 5.26 Å². The van der Waals surface area contributed by atoms with Crippen molar-refractivity contribution in [2.75, 3.05) is 38.8 Å². The van der Waals surface area contributed by atoms with Crippen LogP contribution in [-0.2, 0) is 19.1 Å². The van der Waals surface area contributed by atoms with Gasteiger partial charge in [0.15, 0.2) is 17.2 Å². The second-order valence-electron chi connectivity index (χ2n) is 27.4. The number of carbonyl (C=O) groups excluding carboxylic acids is 3. The van der Waals surface area contributed by atoms with Gasteiger partial charge in [0, 0.05) is 60.6 Å². The van der Waals surface area contributed by atoms with E-state index in [0.29, 0.717) is 122 Å². The van der Waals surface area contributed by atoms with Crippen LogP contribution in [0.2, 0.25) is 0 Å². The summed E-state index contributed by atoms with van der Waals surface area (Å²) in [5, 5.41) is 40.3. The molecule has 1 saturated heterocycles. The molecule has 12 aromatic carbocycles. The zero-order chi connectivity index (χ0) is 99.3. The lowest BCUT2D eigenvalue weighted by molar-refractivity contribution is -0.191. The van der Waals surface area contributed by atoms with E-state index in [1.165, 1.54) is 121 Å². The van der Waals surface area contributed by atoms with Crippen LogP contribution in [0.5, 0.6) is 63.2 Å². The predicted molar refractivity (Wildman–Crippen MR) is 489 cm³/mol. The van der Waals surface area contributed by atoms with Crippen molar-refractivity contribution in [3.05, 3.63) is 407 Å². The van der Waals surface area contributed by atoms with Gasteiger partial charge < -0.3 is 59.7 Å². The molecule has 0 aliphatic carbocycles. The summed E-state index contributed by atoms with van der Waals surface area (Å²) in [5.74, 6) is 11.3. The fourth-order valence-corrected chi connectivity index (χ4v) is 10.9. The summed E-state index contributed by atoms with van der Waals surface area (Å²) in [6.07, 6.45) is 1.56. The van der Waals surface area contributed by atoms with Gasteiger partial charge in [-0.2, -0.15) is 34.7 Å². The Morgan fingerprint density at radius 1 is 0.511 bits per heavy atom. The van der Waals surface area contributed by atoms with Crippen LogP contribution in [0.25, 0.3) is 58.7 Å². The summed E-state index contributed by atoms with van der Waals surface area (Å²) in [6, 6.07) is 79.1. The van der Waals surface area contributed by atoms with E-state index in [0.717, 1.165) is 22.9 Å². The van der Waals surface area contributed by atoms with E-state index in [2.05, 4.69) is 61.4 Å². The second-order valence-corrected chi connectivity index (χ2v) is 27.4. The van der Waals surface area contributed by atoms with Crippen LogP contribution in [0, 0.1) is 78.3 Å². The van der Waals surface area contributed by atoms with Crippen LogP contribution in [-0.4, -0.2) is 96.8 Å². The second kappa shape index (κ2) is 56.2. The van der Waals surface area contributed by atoms with Gasteiger partial charge in [-0.1, -0.05) is 78.9 Å². The molecule has 16 rings (SSSR count). The van der Waals surface area contributed by atoms with Crippen molar-refractivity contribution in [2.45, 2.75) is 38.9 Å². The first-order valence-corrected chi connectivity index (χ1v) is 39.1. The maximum Gasteiger partial charge on any atom is 0.562 e. The summed E-state index contributed by atoms with van der Waals surface area (Å²) in [4.78, 5) is 50.2. The Labute approximate surface area is 771 Å². The Morgan fingerprint density at radius 3 is 1.25 bits per heavy atom. The zero-order valence-corrected chi connectivity index (χ0v) is 72.1. The number of nitrogens with one attached hydrogen (secondary N) is 2. The van der Waals surface area contributed by atoms with Crippen molar-refractivity contribution in [2.24, 2.45) is 11.7 Å². The smallest absolute Gasteiger partial charge is 0.508 e. The van der Waals surface area contributed by atoms with E-state index in [1.807, 2.05) is 69.3 Å². The number of phenolic OH excluding ortho intramolecular Hbond substituents is 1. The average Bonchev–Trinajstić information content (AvgIpc) is 1.64. The third-order valence-electron chi connectivity index (χ3n) is 16.7. The number of alkyl halides is 1. The number of phenols is 1. The minimum atomic E-state index is -1.00. The molecular weight excluding hydrogens is 1760 g/mol. The van der Waals surface area contributed by atoms with Crippen LogP contribution in [0.15, 0.2) is 309 Å². The number of H-pyrrole nitrogens is 2. The number of likely N-dealkylation sites (tertiary alicyclic amines) is 1. The lowest BCUT2D eigenvalue weighted by atomic mass is 10.1. The molecule has 0 spiro atoms. The summed E-state index contributed by atoms with van der Waals surface area (Å²) in [6.45, 7) is 34.3. The molecule has 688 valence electrons. The number of nitriles is 1. The molecule has 3 aromatic heterocycles. The van der Waals surface area contributed by atoms with Crippen LogP contribution in [0.4, 0.5) is 62.9 Å². The molecular formula is C99H84F8N16O12. The third-order valence-corrected chi connectivity index (χ3v) is 16.7. The molecule has 28 nitrogen and oxygen atoms in total. The average molecular weight is 1840 g/mol. The molecule has 0 bridgehead atoms. The fourth-order valence-electron chi connectivity index (χ4n) is 10.9. The number of nitrogens with zero attached hydrogens (tertiary/aromatic N) is 10. The topological polar surface area (TPSA) is 388 Å². The number of carbonyl (C=O) groups is 1. The first kappa shape index (κ1) is 104. The number of hydrazine groups is 1.